The lowest BCUT2D eigenvalue weighted by Gasteiger charge is -2.46. The van der Waals surface area contributed by atoms with Gasteiger partial charge in [0.25, 0.3) is 5.60 Å². The molecule has 6 N–H and O–H groups in total. The molecular formula is C30H47N2O7+. The molecule has 0 amide bonds. The van der Waals surface area contributed by atoms with E-state index < -0.39 is 29.0 Å². The van der Waals surface area contributed by atoms with Crippen molar-refractivity contribution in [2.24, 2.45) is 28.9 Å². The Labute approximate surface area is 231 Å². The molecule has 5 aliphatic rings. The Bertz CT molecular complexity index is 1010. The van der Waals surface area contributed by atoms with Crippen LogP contribution in [0.5, 0.6) is 0 Å². The molecule has 218 valence electrons. The lowest BCUT2D eigenvalue weighted by Crippen LogP contribution is -2.95. The number of Topliss-reactive ketones (excluding diaryl/α,β-unsaturated/α-hetero) is 2. The minimum absolute atomic E-state index is 0.0192. The molecule has 0 aromatic heterocycles. The first-order valence-electron chi connectivity index (χ1n) is 15.2. The van der Waals surface area contributed by atoms with Crippen LogP contribution < -0.4 is 11.1 Å². The van der Waals surface area contributed by atoms with Gasteiger partial charge in [0.1, 0.15) is 12.8 Å². The topological polar surface area (TPSA) is 156 Å². The third-order valence-electron chi connectivity index (χ3n) is 10.8. The van der Waals surface area contributed by atoms with Gasteiger partial charge in [0.15, 0.2) is 17.2 Å². The largest absolute Gasteiger partial charge is 0.461 e. The van der Waals surface area contributed by atoms with Gasteiger partial charge in [-0.05, 0) is 55.9 Å². The molecule has 3 saturated carbocycles. The summed E-state index contributed by atoms with van der Waals surface area (Å²) < 4.78 is 11.3. The number of ether oxygens (including phenoxy) is 2. The van der Waals surface area contributed by atoms with Gasteiger partial charge >= 0.3 is 5.97 Å². The third-order valence-corrected chi connectivity index (χ3v) is 10.8. The number of epoxide rings is 1. The maximum atomic E-state index is 14.0. The van der Waals surface area contributed by atoms with Crippen molar-refractivity contribution in [1.29, 1.82) is 0 Å². The fraction of sp³-hybridized carbons (Fsp3) is 0.833. The molecule has 6 atom stereocenters. The number of carbonyl (C=O) groups is 3. The number of carbonyl (C=O) groups excluding carboxylic acids is 3. The lowest BCUT2D eigenvalue weighted by atomic mass is 9.59. The van der Waals surface area contributed by atoms with E-state index in [0.717, 1.165) is 57.1 Å². The van der Waals surface area contributed by atoms with E-state index in [4.69, 9.17) is 15.2 Å². The first kappa shape index (κ1) is 28.9. The zero-order chi connectivity index (χ0) is 27.8. The predicted octanol–water partition coefficient (Wildman–Crippen LogP) is 1.29. The summed E-state index contributed by atoms with van der Waals surface area (Å²) in [4.78, 5) is 41.1. The third kappa shape index (κ3) is 4.82. The smallest absolute Gasteiger partial charge is 0.350 e. The summed E-state index contributed by atoms with van der Waals surface area (Å²) in [6.07, 6.45) is 11.8. The maximum Gasteiger partial charge on any atom is 0.350 e. The summed E-state index contributed by atoms with van der Waals surface area (Å²) in [6.45, 7) is 2.15. The van der Waals surface area contributed by atoms with E-state index >= 15 is 0 Å². The van der Waals surface area contributed by atoms with Gasteiger partial charge in [-0.25, -0.2) is 4.79 Å². The number of aliphatic hydroxyl groups excluding tert-OH is 2. The zero-order valence-electron chi connectivity index (χ0n) is 23.4. The van der Waals surface area contributed by atoms with Crippen LogP contribution >= 0.6 is 0 Å². The average Bonchev–Trinajstić information content (AvgIpc) is 3.65. The second kappa shape index (κ2) is 11.3. The molecule has 5 fully saturated rings. The standard InChI is InChI=1S/C30H46N2O7/c1-19(16-28(10-5-2-6-11-28)21-9-12-32-24(31)15-21)20(18-34)17-29-25(35)22-7-3-4-8-23(22)26(36)30(29,39-29)27(37)38-14-13-33/h21-24,32-34H,2-18,31H2,1H3/p+1/t21?,22?,23?,24?,29-,30-/m0/s1. The SMILES string of the molecule is CC(CC1(C2CC[NH2+]C(N)C2)CCCCC1)=C(CO)C[C@@]12O[C@]1(C(=O)OCCO)C(=O)C1CCCCC1C2=O. The summed E-state index contributed by atoms with van der Waals surface area (Å²) in [6, 6.07) is 0. The average molecular weight is 548 g/mol. The van der Waals surface area contributed by atoms with Crippen LogP contribution in [-0.4, -0.2) is 71.5 Å². The zero-order valence-corrected chi connectivity index (χ0v) is 23.4. The van der Waals surface area contributed by atoms with Crippen molar-refractivity contribution >= 4 is 17.5 Å². The molecule has 2 aliphatic heterocycles. The van der Waals surface area contributed by atoms with Crippen molar-refractivity contribution in [2.45, 2.75) is 108 Å². The van der Waals surface area contributed by atoms with Crippen LogP contribution in [0.2, 0.25) is 0 Å². The van der Waals surface area contributed by atoms with E-state index in [0.29, 0.717) is 24.3 Å². The van der Waals surface area contributed by atoms with Gasteiger partial charge in [0.2, 0.25) is 0 Å². The summed E-state index contributed by atoms with van der Waals surface area (Å²) >= 11 is 0. The van der Waals surface area contributed by atoms with Gasteiger partial charge < -0.3 is 25.0 Å². The van der Waals surface area contributed by atoms with Crippen LogP contribution in [0.3, 0.4) is 0 Å². The van der Waals surface area contributed by atoms with E-state index in [1.165, 1.54) is 19.3 Å². The highest BCUT2D eigenvalue weighted by atomic mass is 16.7. The highest BCUT2D eigenvalue weighted by Crippen LogP contribution is 2.62. The molecule has 4 unspecified atom stereocenters. The Kier molecular flexibility index (Phi) is 8.38. The van der Waals surface area contributed by atoms with Crippen molar-refractivity contribution < 1.29 is 39.4 Å². The minimum Gasteiger partial charge on any atom is -0.461 e. The summed E-state index contributed by atoms with van der Waals surface area (Å²) in [5.41, 5.74) is 4.58. The summed E-state index contributed by atoms with van der Waals surface area (Å²) in [5.74, 6) is -1.93. The molecule has 0 radical (unpaired) electrons. The van der Waals surface area contributed by atoms with Gasteiger partial charge in [-0.15, -0.1) is 0 Å². The number of piperidine rings is 1. The summed E-state index contributed by atoms with van der Waals surface area (Å²) in [7, 11) is 0. The molecule has 5 rings (SSSR count). The highest BCUT2D eigenvalue weighted by Gasteiger charge is 2.87. The van der Waals surface area contributed by atoms with E-state index in [2.05, 4.69) is 5.32 Å². The Hall–Kier alpha value is -1.65. The molecule has 0 bridgehead atoms. The van der Waals surface area contributed by atoms with E-state index in [9.17, 15) is 24.6 Å². The molecule has 2 heterocycles. The van der Waals surface area contributed by atoms with Gasteiger partial charge in [0, 0.05) is 31.1 Å². The van der Waals surface area contributed by atoms with Crippen LogP contribution in [0.4, 0.5) is 0 Å². The predicted molar refractivity (Wildman–Crippen MR) is 142 cm³/mol. The number of esters is 1. The van der Waals surface area contributed by atoms with Crippen molar-refractivity contribution in [3.05, 3.63) is 11.1 Å². The van der Waals surface area contributed by atoms with E-state index in [1.807, 2.05) is 6.92 Å². The molecule has 9 heteroatoms. The van der Waals surface area contributed by atoms with Gasteiger partial charge in [-0.2, -0.15) is 0 Å². The molecule has 9 nitrogen and oxygen atoms in total. The lowest BCUT2D eigenvalue weighted by molar-refractivity contribution is -0.700. The second-order valence-electron chi connectivity index (χ2n) is 12.9. The van der Waals surface area contributed by atoms with Crippen LogP contribution in [0.1, 0.15) is 90.4 Å². The quantitative estimate of drug-likeness (QED) is 0.146. The van der Waals surface area contributed by atoms with E-state index in [-0.39, 0.29) is 49.4 Å². The minimum atomic E-state index is -1.97. The van der Waals surface area contributed by atoms with Gasteiger partial charge in [-0.1, -0.05) is 37.7 Å². The molecule has 0 aromatic carbocycles. The van der Waals surface area contributed by atoms with Crippen LogP contribution in [0.15, 0.2) is 11.1 Å². The van der Waals surface area contributed by atoms with Crippen molar-refractivity contribution in [1.82, 2.24) is 0 Å². The maximum absolute atomic E-state index is 14.0. The molecule has 3 aliphatic carbocycles. The number of hydrogen-bond acceptors (Lipinski definition) is 8. The molecule has 0 spiro atoms. The number of rotatable bonds is 9. The Morgan fingerprint density at radius 3 is 2.36 bits per heavy atom. The number of fused-ring (bicyclic) bond motifs is 2. The van der Waals surface area contributed by atoms with Crippen molar-refractivity contribution in [3.63, 3.8) is 0 Å². The fourth-order valence-electron chi connectivity index (χ4n) is 8.71. The Morgan fingerprint density at radius 1 is 1.03 bits per heavy atom. The first-order chi connectivity index (χ1) is 18.7. The first-order valence-corrected chi connectivity index (χ1v) is 15.2. The highest BCUT2D eigenvalue weighted by molar-refractivity contribution is 6.23. The van der Waals surface area contributed by atoms with Crippen LogP contribution in [-0.2, 0) is 23.9 Å². The van der Waals surface area contributed by atoms with Crippen LogP contribution in [0, 0.1) is 23.2 Å². The normalized spacial score (nSPS) is 38.4. The Balaban J connectivity index is 1.46. The Morgan fingerprint density at radius 2 is 1.72 bits per heavy atom. The fourth-order valence-corrected chi connectivity index (χ4v) is 8.71. The van der Waals surface area contributed by atoms with Gasteiger partial charge in [-0.3, -0.25) is 15.3 Å². The number of nitrogens with two attached hydrogens (primary N) is 2. The number of hydrogen-bond donors (Lipinski definition) is 4. The molecule has 2 saturated heterocycles. The monoisotopic (exact) mass is 547 g/mol. The van der Waals surface area contributed by atoms with Crippen molar-refractivity contribution in [3.8, 4) is 0 Å². The van der Waals surface area contributed by atoms with Gasteiger partial charge in [0.05, 0.1) is 19.8 Å². The number of aliphatic hydroxyl groups is 2. The number of allylic oxidation sites excluding steroid dienone is 1. The molecule has 39 heavy (non-hydrogen) atoms. The van der Waals surface area contributed by atoms with E-state index in [1.54, 1.807) is 0 Å². The number of ketones is 2. The summed E-state index contributed by atoms with van der Waals surface area (Å²) in [5, 5.41) is 22.0. The second-order valence-corrected chi connectivity index (χ2v) is 12.9. The number of quaternary nitrogens is 1. The van der Waals surface area contributed by atoms with Crippen LogP contribution in [0.25, 0.3) is 0 Å². The molecular weight excluding hydrogens is 500 g/mol. The van der Waals surface area contributed by atoms with Crippen molar-refractivity contribution in [2.75, 3.05) is 26.4 Å². The molecule has 0 aromatic rings.